The van der Waals surface area contributed by atoms with Crippen LogP contribution in [0.4, 0.5) is 0 Å². The van der Waals surface area contributed by atoms with Gasteiger partial charge in [-0.1, -0.05) is 0 Å². The number of fused-ring (bicyclic) bond motifs is 2. The average Bonchev–Trinajstić information content (AvgIpc) is 2.25. The lowest BCUT2D eigenvalue weighted by molar-refractivity contribution is -0.152. The van der Waals surface area contributed by atoms with Gasteiger partial charge in [0.25, 0.3) is 0 Å². The molecule has 64 valence electrons. The van der Waals surface area contributed by atoms with Crippen LogP contribution in [0.25, 0.3) is 0 Å². The Balaban J connectivity index is 2.12. The van der Waals surface area contributed by atoms with Gasteiger partial charge in [0.15, 0.2) is 5.79 Å². The van der Waals surface area contributed by atoms with Crippen molar-refractivity contribution < 1.29 is 14.2 Å². The second kappa shape index (κ2) is 2.44. The first-order chi connectivity index (χ1) is 5.20. The van der Waals surface area contributed by atoms with Gasteiger partial charge in [0.1, 0.15) is 6.10 Å². The molecule has 2 aliphatic heterocycles. The molecule has 2 aliphatic rings. The first kappa shape index (κ1) is 7.53. The smallest absolute Gasteiger partial charge is 0.168 e. The highest BCUT2D eigenvalue weighted by Crippen LogP contribution is 2.31. The predicted octanol–water partition coefficient (Wildman–Crippen LogP) is 0.927. The second-order valence-electron chi connectivity index (χ2n) is 3.43. The molecule has 2 saturated heterocycles. The van der Waals surface area contributed by atoms with E-state index >= 15 is 0 Å². The molecule has 2 bridgehead atoms. The van der Waals surface area contributed by atoms with Crippen LogP contribution in [0.1, 0.15) is 20.3 Å². The van der Waals surface area contributed by atoms with Gasteiger partial charge >= 0.3 is 0 Å². The summed E-state index contributed by atoms with van der Waals surface area (Å²) in [5, 5.41) is 0. The first-order valence-electron chi connectivity index (χ1n) is 4.13. The monoisotopic (exact) mass is 158 g/mol. The molecule has 3 unspecified atom stereocenters. The lowest BCUT2D eigenvalue weighted by Crippen LogP contribution is -2.27. The van der Waals surface area contributed by atoms with Gasteiger partial charge in [-0.05, 0) is 13.8 Å². The molecule has 0 amide bonds. The lowest BCUT2D eigenvalue weighted by Gasteiger charge is -2.19. The molecule has 2 rings (SSSR count). The SMILES string of the molecule is CC1OCCC2(C)OCC1O2. The molecular formula is C8H14O3. The summed E-state index contributed by atoms with van der Waals surface area (Å²) in [7, 11) is 0. The van der Waals surface area contributed by atoms with Crippen LogP contribution in [0.5, 0.6) is 0 Å². The summed E-state index contributed by atoms with van der Waals surface area (Å²) in [4.78, 5) is 0. The number of rotatable bonds is 0. The van der Waals surface area contributed by atoms with Gasteiger partial charge in [-0.15, -0.1) is 0 Å². The zero-order valence-electron chi connectivity index (χ0n) is 7.00. The van der Waals surface area contributed by atoms with Gasteiger partial charge in [0.2, 0.25) is 0 Å². The van der Waals surface area contributed by atoms with Gasteiger partial charge in [0, 0.05) is 6.42 Å². The van der Waals surface area contributed by atoms with E-state index in [1.807, 2.05) is 13.8 Å². The summed E-state index contributed by atoms with van der Waals surface area (Å²) in [5.41, 5.74) is 0. The maximum Gasteiger partial charge on any atom is 0.168 e. The molecule has 11 heavy (non-hydrogen) atoms. The zero-order chi connectivity index (χ0) is 7.90. The fourth-order valence-electron chi connectivity index (χ4n) is 1.55. The van der Waals surface area contributed by atoms with Crippen molar-refractivity contribution in [3.8, 4) is 0 Å². The molecule has 0 N–H and O–H groups in total. The Morgan fingerprint density at radius 1 is 1.45 bits per heavy atom. The van der Waals surface area contributed by atoms with Crippen molar-refractivity contribution >= 4 is 0 Å². The third kappa shape index (κ3) is 1.28. The van der Waals surface area contributed by atoms with Gasteiger partial charge in [-0.25, -0.2) is 0 Å². The van der Waals surface area contributed by atoms with E-state index in [0.717, 1.165) is 13.0 Å². The Kier molecular flexibility index (Phi) is 1.67. The molecule has 0 radical (unpaired) electrons. The summed E-state index contributed by atoms with van der Waals surface area (Å²) in [6, 6.07) is 0. The molecule has 0 aromatic heterocycles. The number of ether oxygens (including phenoxy) is 3. The van der Waals surface area contributed by atoms with Gasteiger partial charge in [-0.2, -0.15) is 0 Å². The van der Waals surface area contributed by atoms with Crippen LogP contribution in [0.3, 0.4) is 0 Å². The number of hydrogen-bond donors (Lipinski definition) is 0. The molecular weight excluding hydrogens is 144 g/mol. The summed E-state index contributed by atoms with van der Waals surface area (Å²) in [6.45, 7) is 5.44. The fraction of sp³-hybridized carbons (Fsp3) is 1.00. The maximum atomic E-state index is 5.67. The highest BCUT2D eigenvalue weighted by Gasteiger charge is 2.42. The Hall–Kier alpha value is -0.120. The van der Waals surface area contributed by atoms with E-state index in [0.29, 0.717) is 6.61 Å². The largest absolute Gasteiger partial charge is 0.376 e. The summed E-state index contributed by atoms with van der Waals surface area (Å²) in [6.07, 6.45) is 1.16. The van der Waals surface area contributed by atoms with Gasteiger partial charge in [0.05, 0.1) is 19.3 Å². The molecule has 0 aliphatic carbocycles. The summed E-state index contributed by atoms with van der Waals surface area (Å²) in [5.74, 6) is -0.366. The van der Waals surface area contributed by atoms with E-state index in [2.05, 4.69) is 0 Å². The van der Waals surface area contributed by atoms with E-state index in [9.17, 15) is 0 Å². The normalized spacial score (nSPS) is 50.7. The Bertz CT molecular complexity index is 159. The molecule has 3 nitrogen and oxygen atoms in total. The van der Waals surface area contributed by atoms with Crippen molar-refractivity contribution in [1.82, 2.24) is 0 Å². The topological polar surface area (TPSA) is 27.7 Å². The third-order valence-corrected chi connectivity index (χ3v) is 2.41. The van der Waals surface area contributed by atoms with E-state index in [4.69, 9.17) is 14.2 Å². The lowest BCUT2D eigenvalue weighted by atomic mass is 10.2. The third-order valence-electron chi connectivity index (χ3n) is 2.41. The quantitative estimate of drug-likeness (QED) is 0.525. The van der Waals surface area contributed by atoms with Crippen LogP contribution < -0.4 is 0 Å². The fourth-order valence-corrected chi connectivity index (χ4v) is 1.55. The van der Waals surface area contributed by atoms with Crippen LogP contribution in [0.15, 0.2) is 0 Å². The summed E-state index contributed by atoms with van der Waals surface area (Å²) < 4.78 is 16.7. The van der Waals surface area contributed by atoms with Crippen molar-refractivity contribution in [2.24, 2.45) is 0 Å². The van der Waals surface area contributed by atoms with Crippen molar-refractivity contribution in [2.75, 3.05) is 13.2 Å². The first-order valence-corrected chi connectivity index (χ1v) is 4.13. The van der Waals surface area contributed by atoms with E-state index in [1.54, 1.807) is 0 Å². The molecule has 0 aromatic carbocycles. The Morgan fingerprint density at radius 2 is 2.27 bits per heavy atom. The molecule has 2 fully saturated rings. The second-order valence-corrected chi connectivity index (χ2v) is 3.43. The van der Waals surface area contributed by atoms with Gasteiger partial charge in [-0.3, -0.25) is 0 Å². The zero-order valence-corrected chi connectivity index (χ0v) is 7.00. The Labute approximate surface area is 66.6 Å². The van der Waals surface area contributed by atoms with E-state index in [1.165, 1.54) is 0 Å². The molecule has 0 aromatic rings. The minimum atomic E-state index is -0.366. The minimum absolute atomic E-state index is 0.141. The van der Waals surface area contributed by atoms with Crippen molar-refractivity contribution in [3.63, 3.8) is 0 Å². The van der Waals surface area contributed by atoms with Crippen LogP contribution in [0, 0.1) is 0 Å². The Morgan fingerprint density at radius 3 is 3.09 bits per heavy atom. The summed E-state index contributed by atoms with van der Waals surface area (Å²) >= 11 is 0. The molecule has 2 heterocycles. The highest BCUT2D eigenvalue weighted by molar-refractivity contribution is 4.81. The van der Waals surface area contributed by atoms with E-state index < -0.39 is 0 Å². The number of hydrogen-bond acceptors (Lipinski definition) is 3. The van der Waals surface area contributed by atoms with Crippen LogP contribution >= 0.6 is 0 Å². The molecule has 3 atom stereocenters. The van der Waals surface area contributed by atoms with Crippen molar-refractivity contribution in [3.05, 3.63) is 0 Å². The van der Waals surface area contributed by atoms with Crippen molar-refractivity contribution in [1.29, 1.82) is 0 Å². The van der Waals surface area contributed by atoms with Gasteiger partial charge < -0.3 is 14.2 Å². The van der Waals surface area contributed by atoms with E-state index in [-0.39, 0.29) is 18.0 Å². The minimum Gasteiger partial charge on any atom is -0.376 e. The van der Waals surface area contributed by atoms with Crippen LogP contribution in [-0.4, -0.2) is 31.2 Å². The van der Waals surface area contributed by atoms with Crippen LogP contribution in [-0.2, 0) is 14.2 Å². The molecule has 0 saturated carbocycles. The highest BCUT2D eigenvalue weighted by atomic mass is 16.8. The standard InChI is InChI=1S/C8H14O3/c1-6-7-5-10-8(2,11-7)3-4-9-6/h6-7H,3-5H2,1-2H3. The molecule has 3 heteroatoms. The molecule has 0 spiro atoms. The predicted molar refractivity (Wildman–Crippen MR) is 39.3 cm³/mol. The van der Waals surface area contributed by atoms with Crippen molar-refractivity contribution in [2.45, 2.75) is 38.3 Å². The maximum absolute atomic E-state index is 5.67. The van der Waals surface area contributed by atoms with Crippen LogP contribution in [0.2, 0.25) is 0 Å². The average molecular weight is 158 g/mol.